The molecule has 1 fully saturated rings. The first-order chi connectivity index (χ1) is 15.1. The minimum Gasteiger partial charge on any atom is -0.487 e. The Bertz CT molecular complexity index is 1020. The van der Waals surface area contributed by atoms with E-state index in [-0.39, 0.29) is 0 Å². The van der Waals surface area contributed by atoms with Gasteiger partial charge < -0.3 is 14.4 Å². The van der Waals surface area contributed by atoms with Crippen LogP contribution in [0, 0.1) is 14.1 Å². The van der Waals surface area contributed by atoms with Crippen LogP contribution >= 0.6 is 45.2 Å². The Morgan fingerprint density at radius 2 is 1.61 bits per heavy atom. The fourth-order valence-corrected chi connectivity index (χ4v) is 5.48. The van der Waals surface area contributed by atoms with Crippen molar-refractivity contribution in [3.8, 4) is 5.75 Å². The van der Waals surface area contributed by atoms with Gasteiger partial charge in [-0.1, -0.05) is 29.8 Å². The van der Waals surface area contributed by atoms with Crippen LogP contribution in [0.5, 0.6) is 5.75 Å². The number of morpholine rings is 1. The first-order valence-corrected chi connectivity index (χ1v) is 12.4. The Hall–Kier alpha value is -1.65. The highest BCUT2D eigenvalue weighted by atomic mass is 127. The van der Waals surface area contributed by atoms with E-state index in [1.165, 1.54) is 16.8 Å². The normalized spacial score (nSPS) is 14.2. The first kappa shape index (κ1) is 22.5. The fraction of sp³-hybridized carbons (Fsp3) is 0.240. The van der Waals surface area contributed by atoms with E-state index in [9.17, 15) is 0 Å². The molecule has 160 valence electrons. The number of benzene rings is 3. The average Bonchev–Trinajstić information content (AvgIpc) is 2.79. The molecule has 1 aliphatic heterocycles. The monoisotopic (exact) mass is 638 g/mol. The molecule has 0 atom stereocenters. The minimum absolute atomic E-state index is 0.565. The summed E-state index contributed by atoms with van der Waals surface area (Å²) in [5.41, 5.74) is 5.66. The molecular weight excluding hydrogens is 614 g/mol. The largest absolute Gasteiger partial charge is 0.487 e. The van der Waals surface area contributed by atoms with Crippen LogP contribution in [-0.4, -0.2) is 32.5 Å². The highest BCUT2D eigenvalue weighted by molar-refractivity contribution is 14.1. The van der Waals surface area contributed by atoms with Crippen LogP contribution in [0.15, 0.2) is 65.7 Å². The summed E-state index contributed by atoms with van der Waals surface area (Å²) in [5.74, 6) is 0.925. The number of hydrogen-bond donors (Lipinski definition) is 0. The summed E-state index contributed by atoms with van der Waals surface area (Å²) >= 11 is 4.67. The van der Waals surface area contributed by atoms with Gasteiger partial charge in [0.2, 0.25) is 0 Å². The van der Waals surface area contributed by atoms with E-state index in [2.05, 4.69) is 123 Å². The molecule has 4 rings (SSSR count). The summed E-state index contributed by atoms with van der Waals surface area (Å²) in [7, 11) is 0. The van der Waals surface area contributed by atoms with E-state index in [1.54, 1.807) is 0 Å². The van der Waals surface area contributed by atoms with Gasteiger partial charge in [0.25, 0.3) is 0 Å². The molecule has 1 saturated heterocycles. The lowest BCUT2D eigenvalue weighted by molar-refractivity contribution is 0.122. The average molecular weight is 638 g/mol. The van der Waals surface area contributed by atoms with E-state index in [1.807, 2.05) is 6.21 Å². The molecule has 0 spiro atoms. The quantitative estimate of drug-likeness (QED) is 0.233. The third-order valence-corrected chi connectivity index (χ3v) is 6.72. The number of halogens is 2. The van der Waals surface area contributed by atoms with Gasteiger partial charge in [0.15, 0.2) is 0 Å². The van der Waals surface area contributed by atoms with Gasteiger partial charge >= 0.3 is 0 Å². The summed E-state index contributed by atoms with van der Waals surface area (Å²) in [6.45, 7) is 6.13. The second kappa shape index (κ2) is 10.8. The molecular formula is C25H24I2N2O2. The lowest BCUT2D eigenvalue weighted by atomic mass is 10.2. The van der Waals surface area contributed by atoms with Crippen molar-refractivity contribution in [2.45, 2.75) is 13.5 Å². The zero-order valence-corrected chi connectivity index (χ0v) is 21.7. The maximum Gasteiger partial charge on any atom is 0.146 e. The van der Waals surface area contributed by atoms with Crippen LogP contribution in [0.4, 0.5) is 11.4 Å². The predicted molar refractivity (Wildman–Crippen MR) is 144 cm³/mol. The molecule has 0 aromatic heterocycles. The third kappa shape index (κ3) is 6.20. The van der Waals surface area contributed by atoms with Gasteiger partial charge in [0.1, 0.15) is 12.4 Å². The number of anilines is 1. The molecule has 3 aromatic rings. The van der Waals surface area contributed by atoms with Gasteiger partial charge in [-0.2, -0.15) is 0 Å². The molecule has 1 aliphatic rings. The van der Waals surface area contributed by atoms with E-state index < -0.39 is 0 Å². The molecule has 0 aliphatic carbocycles. The Labute approximate surface area is 211 Å². The van der Waals surface area contributed by atoms with Gasteiger partial charge in [-0.05, 0) is 99.6 Å². The maximum absolute atomic E-state index is 6.11. The van der Waals surface area contributed by atoms with Crippen LogP contribution in [-0.2, 0) is 11.3 Å². The predicted octanol–water partition coefficient (Wildman–Crippen LogP) is 6.37. The summed E-state index contributed by atoms with van der Waals surface area (Å²) in [6.07, 6.45) is 1.91. The van der Waals surface area contributed by atoms with Gasteiger partial charge in [0, 0.05) is 25.0 Å². The lowest BCUT2D eigenvalue weighted by Gasteiger charge is -2.28. The van der Waals surface area contributed by atoms with E-state index in [0.717, 1.165) is 50.4 Å². The Kier molecular flexibility index (Phi) is 7.84. The van der Waals surface area contributed by atoms with Crippen molar-refractivity contribution in [3.05, 3.63) is 84.5 Å². The van der Waals surface area contributed by atoms with Crippen molar-refractivity contribution in [1.82, 2.24) is 0 Å². The molecule has 31 heavy (non-hydrogen) atoms. The minimum atomic E-state index is 0.565. The smallest absolute Gasteiger partial charge is 0.146 e. The molecule has 0 N–H and O–H groups in total. The Morgan fingerprint density at radius 1 is 0.968 bits per heavy atom. The Morgan fingerprint density at radius 3 is 2.26 bits per heavy atom. The highest BCUT2D eigenvalue weighted by Crippen LogP contribution is 2.30. The molecule has 6 heteroatoms. The maximum atomic E-state index is 6.11. The van der Waals surface area contributed by atoms with Crippen LogP contribution in [0.1, 0.15) is 16.7 Å². The van der Waals surface area contributed by atoms with Crippen molar-refractivity contribution < 1.29 is 9.47 Å². The molecule has 3 aromatic carbocycles. The standard InChI is InChI=1S/C25H24I2N2O2/c1-18-2-4-19(5-3-18)17-31-25-23(26)14-20(15-24(25)27)16-28-21-6-8-22(9-7-21)29-10-12-30-13-11-29/h2-9,14-16H,10-13,17H2,1H3. The van der Waals surface area contributed by atoms with Crippen LogP contribution in [0.2, 0.25) is 0 Å². The third-order valence-electron chi connectivity index (χ3n) is 5.11. The summed E-state index contributed by atoms with van der Waals surface area (Å²) in [5, 5.41) is 0. The highest BCUT2D eigenvalue weighted by Gasteiger charge is 2.11. The number of aliphatic imine (C=N–C) groups is 1. The number of hydrogen-bond acceptors (Lipinski definition) is 4. The zero-order chi connectivity index (χ0) is 21.6. The molecule has 0 radical (unpaired) electrons. The molecule has 4 nitrogen and oxygen atoms in total. The van der Waals surface area contributed by atoms with Crippen LogP contribution in [0.25, 0.3) is 0 Å². The van der Waals surface area contributed by atoms with E-state index in [0.29, 0.717) is 6.61 Å². The topological polar surface area (TPSA) is 34.1 Å². The molecule has 0 bridgehead atoms. The SMILES string of the molecule is Cc1ccc(COc2c(I)cc(C=Nc3ccc(N4CCOCC4)cc3)cc2I)cc1. The van der Waals surface area contributed by atoms with Crippen LogP contribution in [0.3, 0.4) is 0 Å². The number of nitrogens with zero attached hydrogens (tertiary/aromatic N) is 2. The number of aryl methyl sites for hydroxylation is 1. The van der Waals surface area contributed by atoms with Gasteiger partial charge in [-0.3, -0.25) is 4.99 Å². The van der Waals surface area contributed by atoms with Crippen molar-refractivity contribution in [2.24, 2.45) is 4.99 Å². The van der Waals surface area contributed by atoms with Gasteiger partial charge in [0.05, 0.1) is 26.0 Å². The summed E-state index contributed by atoms with van der Waals surface area (Å²) in [4.78, 5) is 7.01. The van der Waals surface area contributed by atoms with E-state index >= 15 is 0 Å². The lowest BCUT2D eigenvalue weighted by Crippen LogP contribution is -2.36. The summed E-state index contributed by atoms with van der Waals surface area (Å²) < 4.78 is 13.7. The molecule has 1 heterocycles. The fourth-order valence-electron chi connectivity index (χ4n) is 3.35. The van der Waals surface area contributed by atoms with Gasteiger partial charge in [-0.15, -0.1) is 0 Å². The number of rotatable bonds is 6. The molecule has 0 amide bonds. The summed E-state index contributed by atoms with van der Waals surface area (Å²) in [6, 6.07) is 21.1. The van der Waals surface area contributed by atoms with E-state index in [4.69, 9.17) is 9.47 Å². The van der Waals surface area contributed by atoms with Crippen molar-refractivity contribution in [1.29, 1.82) is 0 Å². The van der Waals surface area contributed by atoms with Crippen LogP contribution < -0.4 is 9.64 Å². The molecule has 0 saturated carbocycles. The van der Waals surface area contributed by atoms with Crippen molar-refractivity contribution >= 4 is 62.8 Å². The van der Waals surface area contributed by atoms with Crippen molar-refractivity contribution in [2.75, 3.05) is 31.2 Å². The second-order valence-corrected chi connectivity index (χ2v) is 9.79. The zero-order valence-electron chi connectivity index (χ0n) is 17.4. The van der Waals surface area contributed by atoms with Gasteiger partial charge in [-0.25, -0.2) is 0 Å². The Balaban J connectivity index is 1.41. The first-order valence-electron chi connectivity index (χ1n) is 10.2. The number of ether oxygens (including phenoxy) is 2. The molecule has 0 unspecified atom stereocenters. The van der Waals surface area contributed by atoms with Crippen molar-refractivity contribution in [3.63, 3.8) is 0 Å². The second-order valence-electron chi connectivity index (χ2n) is 7.46.